The van der Waals surface area contributed by atoms with Crippen LogP contribution >= 0.6 is 15.9 Å². The Morgan fingerprint density at radius 3 is 2.00 bits per heavy atom. The zero-order valence-electron chi connectivity index (χ0n) is 15.6. The lowest BCUT2D eigenvalue weighted by Crippen LogP contribution is -2.28. The van der Waals surface area contributed by atoms with Crippen LogP contribution < -0.4 is 6.15 Å². The van der Waals surface area contributed by atoms with Crippen LogP contribution in [0.5, 0.6) is 0 Å². The third-order valence-electron chi connectivity index (χ3n) is 4.91. The molecule has 0 bridgehead atoms. The molecule has 2 unspecified atom stereocenters. The fourth-order valence-corrected chi connectivity index (χ4v) is 3.61. The molecule has 0 fully saturated rings. The van der Waals surface area contributed by atoms with Gasteiger partial charge in [-0.25, -0.2) is 0 Å². The van der Waals surface area contributed by atoms with Crippen LogP contribution in [0.3, 0.4) is 0 Å². The highest BCUT2D eigenvalue weighted by atomic mass is 79.9. The van der Waals surface area contributed by atoms with E-state index in [1.165, 1.54) is 63.4 Å². The summed E-state index contributed by atoms with van der Waals surface area (Å²) in [5, 5.41) is 0. The Balaban J connectivity index is 0.00000484. The van der Waals surface area contributed by atoms with E-state index in [1.54, 1.807) is 0 Å². The van der Waals surface area contributed by atoms with Gasteiger partial charge in [0.05, 0.1) is 0 Å². The molecule has 23 heavy (non-hydrogen) atoms. The van der Waals surface area contributed by atoms with Crippen LogP contribution in [0.4, 0.5) is 0 Å². The van der Waals surface area contributed by atoms with Gasteiger partial charge in [0.25, 0.3) is 0 Å². The summed E-state index contributed by atoms with van der Waals surface area (Å²) in [7, 11) is 0. The van der Waals surface area contributed by atoms with E-state index in [2.05, 4.69) is 67.0 Å². The number of rotatable bonds is 12. The molecule has 0 aromatic heterocycles. The van der Waals surface area contributed by atoms with Crippen molar-refractivity contribution in [1.82, 2.24) is 6.15 Å². The molecular weight excluding hydrogens is 346 g/mol. The summed E-state index contributed by atoms with van der Waals surface area (Å²) in [5.41, 5.74) is 1.43. The van der Waals surface area contributed by atoms with Gasteiger partial charge in [0.2, 0.25) is 0 Å². The fraction of sp³-hybridized carbons (Fsp3) is 0.714. The zero-order valence-corrected chi connectivity index (χ0v) is 17.2. The van der Waals surface area contributed by atoms with Crippen molar-refractivity contribution < 1.29 is 0 Å². The molecule has 0 spiro atoms. The molecule has 0 saturated carbocycles. The van der Waals surface area contributed by atoms with Crippen molar-refractivity contribution in [2.45, 2.75) is 89.3 Å². The average Bonchev–Trinajstić information content (AvgIpc) is 2.50. The Morgan fingerprint density at radius 1 is 0.913 bits per heavy atom. The van der Waals surface area contributed by atoms with Crippen molar-refractivity contribution >= 4 is 15.9 Å². The van der Waals surface area contributed by atoms with E-state index in [0.717, 1.165) is 6.42 Å². The van der Waals surface area contributed by atoms with E-state index in [0.29, 0.717) is 5.92 Å². The molecule has 1 rings (SSSR count). The molecule has 0 amide bonds. The minimum absolute atomic E-state index is 0. The Hall–Kier alpha value is -0.340. The minimum atomic E-state index is 0. The number of hydrogen-bond donors (Lipinski definition) is 1. The third-order valence-corrected chi connectivity index (χ3v) is 5.97. The lowest BCUT2D eigenvalue weighted by molar-refractivity contribution is 0.391. The highest BCUT2D eigenvalue weighted by Gasteiger charge is 2.27. The maximum absolute atomic E-state index is 4.00. The molecule has 1 aromatic rings. The summed E-state index contributed by atoms with van der Waals surface area (Å²) < 4.78 is 0.218. The predicted molar refractivity (Wildman–Crippen MR) is 109 cm³/mol. The highest BCUT2D eigenvalue weighted by Crippen LogP contribution is 2.34. The van der Waals surface area contributed by atoms with Gasteiger partial charge in [0, 0.05) is 4.32 Å². The van der Waals surface area contributed by atoms with Crippen LogP contribution in [0.2, 0.25) is 0 Å². The standard InChI is InChI=1S/C21H35Br.H3N/c1-4-5-6-7-8-9-10-12-15-19(2)21(3,22)18-20-16-13-11-14-17-20;/h11,13-14,16-17,19H,4-10,12,15,18H2,1-3H3;1H3. The molecule has 0 aliphatic rings. The van der Waals surface area contributed by atoms with Gasteiger partial charge in [-0.05, 0) is 31.2 Å². The second-order valence-electron chi connectivity index (χ2n) is 7.11. The van der Waals surface area contributed by atoms with Crippen molar-refractivity contribution in [2.24, 2.45) is 5.92 Å². The van der Waals surface area contributed by atoms with E-state index in [4.69, 9.17) is 0 Å². The maximum Gasteiger partial charge on any atom is 0.0295 e. The Morgan fingerprint density at radius 2 is 1.43 bits per heavy atom. The first-order valence-corrected chi connectivity index (χ1v) is 10.1. The Kier molecular flexibility index (Phi) is 12.8. The van der Waals surface area contributed by atoms with Crippen LogP contribution in [-0.2, 0) is 6.42 Å². The monoisotopic (exact) mass is 383 g/mol. The molecule has 0 aliphatic heterocycles. The molecule has 1 aromatic carbocycles. The molecule has 2 atom stereocenters. The van der Waals surface area contributed by atoms with Crippen LogP contribution in [0, 0.1) is 5.92 Å². The van der Waals surface area contributed by atoms with Crippen LogP contribution in [0.25, 0.3) is 0 Å². The maximum atomic E-state index is 4.00. The quantitative estimate of drug-likeness (QED) is 0.291. The molecule has 0 saturated heterocycles. The number of benzene rings is 1. The highest BCUT2D eigenvalue weighted by molar-refractivity contribution is 9.10. The lowest BCUT2D eigenvalue weighted by atomic mass is 9.86. The minimum Gasteiger partial charge on any atom is -0.344 e. The van der Waals surface area contributed by atoms with Crippen molar-refractivity contribution in [1.29, 1.82) is 0 Å². The molecule has 1 nitrogen and oxygen atoms in total. The third kappa shape index (κ3) is 10.2. The first kappa shape index (κ1) is 22.7. The lowest BCUT2D eigenvalue weighted by Gasteiger charge is -2.30. The second-order valence-corrected chi connectivity index (χ2v) is 8.92. The van der Waals surface area contributed by atoms with E-state index in [1.807, 2.05) is 0 Å². The van der Waals surface area contributed by atoms with Gasteiger partial charge in [-0.3, -0.25) is 0 Å². The normalized spacial score (nSPS) is 14.8. The van der Waals surface area contributed by atoms with Crippen molar-refractivity contribution in [3.8, 4) is 0 Å². The Bertz CT molecular complexity index is 375. The van der Waals surface area contributed by atoms with Crippen molar-refractivity contribution in [3.05, 3.63) is 35.9 Å². The van der Waals surface area contributed by atoms with Gasteiger partial charge in [0.15, 0.2) is 0 Å². The van der Waals surface area contributed by atoms with Gasteiger partial charge >= 0.3 is 0 Å². The summed E-state index contributed by atoms with van der Waals surface area (Å²) in [6.07, 6.45) is 13.7. The number of halogens is 1. The fourth-order valence-electron chi connectivity index (χ4n) is 3.05. The Labute approximate surface area is 153 Å². The van der Waals surface area contributed by atoms with E-state index < -0.39 is 0 Å². The molecule has 0 radical (unpaired) electrons. The number of alkyl halides is 1. The molecule has 3 N–H and O–H groups in total. The van der Waals surface area contributed by atoms with Crippen LogP contribution in [-0.4, -0.2) is 4.32 Å². The average molecular weight is 384 g/mol. The van der Waals surface area contributed by atoms with Gasteiger partial charge < -0.3 is 6.15 Å². The molecule has 0 aliphatic carbocycles. The van der Waals surface area contributed by atoms with Gasteiger partial charge in [-0.2, -0.15) is 0 Å². The van der Waals surface area contributed by atoms with Crippen LogP contribution in [0.1, 0.15) is 84.1 Å². The second kappa shape index (κ2) is 13.0. The summed E-state index contributed by atoms with van der Waals surface area (Å²) in [6, 6.07) is 10.9. The first-order valence-electron chi connectivity index (χ1n) is 9.29. The smallest absolute Gasteiger partial charge is 0.0295 e. The van der Waals surface area contributed by atoms with Gasteiger partial charge in [0.1, 0.15) is 0 Å². The van der Waals surface area contributed by atoms with Gasteiger partial charge in [-0.1, -0.05) is 111 Å². The first-order chi connectivity index (χ1) is 10.6. The predicted octanol–water partition coefficient (Wildman–Crippen LogP) is 7.71. The zero-order chi connectivity index (χ0) is 16.3. The summed E-state index contributed by atoms with van der Waals surface area (Å²) >= 11 is 4.00. The van der Waals surface area contributed by atoms with Gasteiger partial charge in [-0.15, -0.1) is 0 Å². The summed E-state index contributed by atoms with van der Waals surface area (Å²) in [5.74, 6) is 0.716. The molecular formula is C21H38BrN. The topological polar surface area (TPSA) is 35.0 Å². The number of hydrogen-bond acceptors (Lipinski definition) is 1. The molecule has 2 heteroatoms. The van der Waals surface area contributed by atoms with E-state index in [-0.39, 0.29) is 10.5 Å². The van der Waals surface area contributed by atoms with Crippen LogP contribution in [0.15, 0.2) is 30.3 Å². The summed E-state index contributed by atoms with van der Waals surface area (Å²) in [4.78, 5) is 0. The van der Waals surface area contributed by atoms with Crippen molar-refractivity contribution in [2.75, 3.05) is 0 Å². The summed E-state index contributed by atoms with van der Waals surface area (Å²) in [6.45, 7) is 7.04. The largest absolute Gasteiger partial charge is 0.344 e. The molecule has 0 heterocycles. The van der Waals surface area contributed by atoms with Crippen molar-refractivity contribution in [3.63, 3.8) is 0 Å². The van der Waals surface area contributed by atoms with E-state index >= 15 is 0 Å². The van der Waals surface area contributed by atoms with E-state index in [9.17, 15) is 0 Å². The molecule has 134 valence electrons. The number of unbranched alkanes of at least 4 members (excludes halogenated alkanes) is 7. The SMILES string of the molecule is CCCCCCCCCCC(C)C(C)(Br)Cc1ccccc1.N.